The second-order valence-electron chi connectivity index (χ2n) is 7.30. The lowest BCUT2D eigenvalue weighted by molar-refractivity contribution is -0.143. The van der Waals surface area contributed by atoms with Gasteiger partial charge in [0.1, 0.15) is 0 Å². The van der Waals surface area contributed by atoms with Crippen molar-refractivity contribution in [2.24, 2.45) is 0 Å². The predicted molar refractivity (Wildman–Crippen MR) is 110 cm³/mol. The summed E-state index contributed by atoms with van der Waals surface area (Å²) in [7, 11) is 0. The van der Waals surface area contributed by atoms with Gasteiger partial charge in [-0.1, -0.05) is 59.2 Å². The van der Waals surface area contributed by atoms with Crippen molar-refractivity contribution in [2.45, 2.75) is 32.5 Å². The third-order valence-corrected chi connectivity index (χ3v) is 5.36. The van der Waals surface area contributed by atoms with E-state index in [4.69, 9.17) is 16.1 Å². The Balaban J connectivity index is 1.55. The van der Waals surface area contributed by atoms with Crippen LogP contribution in [0, 0.1) is 6.92 Å². The van der Waals surface area contributed by atoms with Gasteiger partial charge in [-0.3, -0.25) is 9.69 Å². The Morgan fingerprint density at radius 1 is 1.07 bits per heavy atom. The summed E-state index contributed by atoms with van der Waals surface area (Å²) >= 11 is 6.15. The van der Waals surface area contributed by atoms with E-state index in [-0.39, 0.29) is 11.9 Å². The molecule has 7 heteroatoms. The van der Waals surface area contributed by atoms with Crippen molar-refractivity contribution in [2.75, 3.05) is 13.1 Å². The zero-order valence-electron chi connectivity index (χ0n) is 16.3. The Bertz CT molecular complexity index is 976. The van der Waals surface area contributed by atoms with Crippen LogP contribution in [0.2, 0.25) is 5.02 Å². The topological polar surface area (TPSA) is 62.5 Å². The van der Waals surface area contributed by atoms with Crippen molar-refractivity contribution in [3.8, 4) is 0 Å². The number of aromatic nitrogens is 2. The first-order chi connectivity index (χ1) is 14.1. The van der Waals surface area contributed by atoms with E-state index in [1.165, 1.54) is 0 Å². The molecule has 2 heterocycles. The van der Waals surface area contributed by atoms with Gasteiger partial charge in [0, 0.05) is 31.2 Å². The van der Waals surface area contributed by atoms with E-state index in [0.29, 0.717) is 42.8 Å². The zero-order valence-corrected chi connectivity index (χ0v) is 17.0. The first-order valence-corrected chi connectivity index (χ1v) is 10.1. The summed E-state index contributed by atoms with van der Waals surface area (Å²) in [4.78, 5) is 21.8. The molecule has 150 valence electrons. The van der Waals surface area contributed by atoms with Gasteiger partial charge in [0.15, 0.2) is 5.82 Å². The lowest BCUT2D eigenvalue weighted by atomic mass is 10.0. The number of aryl methyl sites for hydroxylation is 1. The van der Waals surface area contributed by atoms with Gasteiger partial charge in [0.05, 0.1) is 12.5 Å². The summed E-state index contributed by atoms with van der Waals surface area (Å²) in [5.41, 5.74) is 2.20. The number of hydrogen-bond donors (Lipinski definition) is 0. The van der Waals surface area contributed by atoms with E-state index in [9.17, 15) is 4.79 Å². The first kappa shape index (κ1) is 19.6. The minimum Gasteiger partial charge on any atom is -0.339 e. The van der Waals surface area contributed by atoms with Crippen LogP contribution in [-0.4, -0.2) is 45.0 Å². The van der Waals surface area contributed by atoms with Crippen LogP contribution in [0.1, 0.15) is 22.8 Å². The Labute approximate surface area is 175 Å². The van der Waals surface area contributed by atoms with E-state index in [1.54, 1.807) is 6.92 Å². The van der Waals surface area contributed by atoms with Gasteiger partial charge in [0.2, 0.25) is 11.8 Å². The molecular weight excluding hydrogens is 388 g/mol. The third kappa shape index (κ3) is 4.83. The highest BCUT2D eigenvalue weighted by Gasteiger charge is 2.36. The molecule has 2 aromatic carbocycles. The normalized spacial score (nSPS) is 17.7. The average molecular weight is 411 g/mol. The summed E-state index contributed by atoms with van der Waals surface area (Å²) in [5.74, 6) is 1.14. The van der Waals surface area contributed by atoms with Crippen LogP contribution in [0.25, 0.3) is 0 Å². The lowest BCUT2D eigenvalue weighted by Crippen LogP contribution is -2.57. The molecule has 1 amide bonds. The Hall–Kier alpha value is -2.70. The summed E-state index contributed by atoms with van der Waals surface area (Å²) in [6.45, 7) is 4.46. The second kappa shape index (κ2) is 8.76. The van der Waals surface area contributed by atoms with Crippen LogP contribution in [-0.2, 0) is 24.3 Å². The molecule has 1 atom stereocenters. The minimum atomic E-state index is -0.355. The molecule has 1 saturated heterocycles. The maximum Gasteiger partial charge on any atom is 0.240 e. The number of amides is 1. The fourth-order valence-corrected chi connectivity index (χ4v) is 3.92. The summed E-state index contributed by atoms with van der Waals surface area (Å²) < 4.78 is 5.31. The van der Waals surface area contributed by atoms with Gasteiger partial charge in [0.25, 0.3) is 0 Å². The van der Waals surface area contributed by atoms with E-state index >= 15 is 0 Å². The quantitative estimate of drug-likeness (QED) is 0.622. The molecule has 1 aromatic heterocycles. The molecule has 1 unspecified atom stereocenters. The maximum absolute atomic E-state index is 13.4. The standard InChI is InChI=1S/C22H23ClN4O2/c1-16-24-21(29-25-16)13-20-22(28)27(14-17-6-3-2-4-7-17)11-10-26(20)15-18-8-5-9-19(23)12-18/h2-9,12,20H,10-11,13-15H2,1H3. The van der Waals surface area contributed by atoms with Crippen molar-refractivity contribution >= 4 is 17.5 Å². The summed E-state index contributed by atoms with van der Waals surface area (Å²) in [5, 5.41) is 4.56. The van der Waals surface area contributed by atoms with Gasteiger partial charge < -0.3 is 9.42 Å². The van der Waals surface area contributed by atoms with Crippen molar-refractivity contribution < 1.29 is 9.32 Å². The van der Waals surface area contributed by atoms with E-state index in [2.05, 4.69) is 15.0 Å². The fourth-order valence-electron chi connectivity index (χ4n) is 3.71. The third-order valence-electron chi connectivity index (χ3n) is 5.12. The van der Waals surface area contributed by atoms with Gasteiger partial charge in [-0.15, -0.1) is 0 Å². The zero-order chi connectivity index (χ0) is 20.2. The first-order valence-electron chi connectivity index (χ1n) is 9.69. The number of piperazine rings is 1. The lowest BCUT2D eigenvalue weighted by Gasteiger charge is -2.40. The highest BCUT2D eigenvalue weighted by Crippen LogP contribution is 2.21. The Kier molecular flexibility index (Phi) is 5.92. The number of carbonyl (C=O) groups excluding carboxylic acids is 1. The number of benzene rings is 2. The summed E-state index contributed by atoms with van der Waals surface area (Å²) in [6, 6.07) is 17.5. The van der Waals surface area contributed by atoms with E-state index in [1.807, 2.05) is 59.5 Å². The molecule has 3 aromatic rings. The smallest absolute Gasteiger partial charge is 0.240 e. The minimum absolute atomic E-state index is 0.0815. The summed E-state index contributed by atoms with van der Waals surface area (Å²) in [6.07, 6.45) is 0.394. The van der Waals surface area contributed by atoms with Crippen LogP contribution in [0.5, 0.6) is 0 Å². The molecule has 0 bridgehead atoms. The number of hydrogen-bond acceptors (Lipinski definition) is 5. The number of halogens is 1. The van der Waals surface area contributed by atoms with E-state index < -0.39 is 0 Å². The van der Waals surface area contributed by atoms with Gasteiger partial charge in [-0.2, -0.15) is 4.98 Å². The van der Waals surface area contributed by atoms with Crippen molar-refractivity contribution in [1.82, 2.24) is 19.9 Å². The molecular formula is C22H23ClN4O2. The van der Waals surface area contributed by atoms with Gasteiger partial charge >= 0.3 is 0 Å². The van der Waals surface area contributed by atoms with Crippen molar-refractivity contribution in [3.05, 3.63) is 82.5 Å². The molecule has 1 aliphatic heterocycles. The SMILES string of the molecule is Cc1noc(CC2C(=O)N(Cc3ccccc3)CCN2Cc2cccc(Cl)c2)n1. The largest absolute Gasteiger partial charge is 0.339 e. The number of nitrogens with zero attached hydrogens (tertiary/aromatic N) is 4. The van der Waals surface area contributed by atoms with Crippen LogP contribution >= 0.6 is 11.6 Å². The van der Waals surface area contributed by atoms with Crippen LogP contribution < -0.4 is 0 Å². The molecule has 0 radical (unpaired) electrons. The molecule has 0 N–H and O–H groups in total. The molecule has 29 heavy (non-hydrogen) atoms. The fraction of sp³-hybridized carbons (Fsp3) is 0.318. The van der Waals surface area contributed by atoms with E-state index in [0.717, 1.165) is 17.7 Å². The van der Waals surface area contributed by atoms with Crippen LogP contribution in [0.3, 0.4) is 0 Å². The Morgan fingerprint density at radius 2 is 1.86 bits per heavy atom. The molecule has 0 aliphatic carbocycles. The number of rotatable bonds is 6. The predicted octanol–water partition coefficient (Wildman–Crippen LogP) is 3.49. The van der Waals surface area contributed by atoms with Crippen LogP contribution in [0.15, 0.2) is 59.1 Å². The molecule has 1 aliphatic rings. The Morgan fingerprint density at radius 3 is 2.59 bits per heavy atom. The van der Waals surface area contributed by atoms with Crippen molar-refractivity contribution in [1.29, 1.82) is 0 Å². The maximum atomic E-state index is 13.4. The average Bonchev–Trinajstić information content (AvgIpc) is 3.12. The van der Waals surface area contributed by atoms with Gasteiger partial charge in [-0.05, 0) is 30.2 Å². The molecule has 0 spiro atoms. The molecule has 6 nitrogen and oxygen atoms in total. The highest BCUT2D eigenvalue weighted by atomic mass is 35.5. The van der Waals surface area contributed by atoms with Crippen LogP contribution in [0.4, 0.5) is 0 Å². The molecule has 1 fully saturated rings. The molecule has 0 saturated carbocycles. The monoisotopic (exact) mass is 410 g/mol. The van der Waals surface area contributed by atoms with Gasteiger partial charge in [-0.25, -0.2) is 0 Å². The molecule has 4 rings (SSSR count). The number of carbonyl (C=O) groups is 1. The second-order valence-corrected chi connectivity index (χ2v) is 7.74. The van der Waals surface area contributed by atoms with Crippen molar-refractivity contribution in [3.63, 3.8) is 0 Å². The highest BCUT2D eigenvalue weighted by molar-refractivity contribution is 6.30.